The van der Waals surface area contributed by atoms with Crippen molar-refractivity contribution in [3.8, 4) is 5.75 Å². The van der Waals surface area contributed by atoms with E-state index in [-0.39, 0.29) is 11.5 Å². The lowest BCUT2D eigenvalue weighted by molar-refractivity contribution is -0.189. The predicted octanol–water partition coefficient (Wildman–Crippen LogP) is 3.13. The van der Waals surface area contributed by atoms with Crippen molar-refractivity contribution in [1.82, 2.24) is 4.98 Å². The molecular formula is C13H10F3N5O2. The molecule has 0 saturated heterocycles. The van der Waals surface area contributed by atoms with E-state index in [4.69, 9.17) is 11.5 Å². The van der Waals surface area contributed by atoms with Gasteiger partial charge >= 0.3 is 12.1 Å². The third-order valence-corrected chi connectivity index (χ3v) is 2.49. The number of pyridine rings is 1. The van der Waals surface area contributed by atoms with Crippen LogP contribution in [0.15, 0.2) is 46.6 Å². The van der Waals surface area contributed by atoms with E-state index in [1.807, 2.05) is 0 Å². The largest absolute Gasteiger partial charge is 0.491 e. The summed E-state index contributed by atoms with van der Waals surface area (Å²) in [7, 11) is 0. The number of rotatable bonds is 3. The first-order valence-corrected chi connectivity index (χ1v) is 6.09. The first-order valence-electron chi connectivity index (χ1n) is 6.09. The van der Waals surface area contributed by atoms with Crippen molar-refractivity contribution in [2.45, 2.75) is 6.18 Å². The molecule has 0 aliphatic rings. The van der Waals surface area contributed by atoms with Crippen molar-refractivity contribution in [3.63, 3.8) is 0 Å². The topological polar surface area (TPSA) is 116 Å². The van der Waals surface area contributed by atoms with Crippen molar-refractivity contribution in [2.75, 3.05) is 11.5 Å². The number of ether oxygens (including phenoxy) is 1. The van der Waals surface area contributed by atoms with Gasteiger partial charge in [0.2, 0.25) is 0 Å². The summed E-state index contributed by atoms with van der Waals surface area (Å²) in [5, 5.41) is 7.59. The number of carbonyl (C=O) groups excluding carboxylic acids is 1. The SMILES string of the molecule is Nc1nc(N)c(OC(=O)C(F)(F)F)cc1/N=N/c1ccccc1. The van der Waals surface area contributed by atoms with Crippen LogP contribution in [0.5, 0.6) is 5.75 Å². The third-order valence-electron chi connectivity index (χ3n) is 2.49. The Morgan fingerprint density at radius 1 is 1.09 bits per heavy atom. The summed E-state index contributed by atoms with van der Waals surface area (Å²) in [6.07, 6.45) is -5.17. The molecule has 120 valence electrons. The number of nitrogens with two attached hydrogens (primary N) is 2. The summed E-state index contributed by atoms with van der Waals surface area (Å²) >= 11 is 0. The van der Waals surface area contributed by atoms with Crippen molar-refractivity contribution < 1.29 is 22.7 Å². The Bertz CT molecular complexity index is 747. The second-order valence-electron chi connectivity index (χ2n) is 4.20. The standard InChI is InChI=1S/C13H10F3N5O2/c14-13(15,16)12(22)23-9-6-8(10(17)19-11(9)18)21-20-7-4-2-1-3-5-7/h1-6H,(H4,17,18,19)/b21-20+. The van der Waals surface area contributed by atoms with Crippen LogP contribution in [0.25, 0.3) is 0 Å². The molecule has 0 aliphatic heterocycles. The number of benzene rings is 1. The van der Waals surface area contributed by atoms with Crippen molar-refractivity contribution in [2.24, 2.45) is 10.2 Å². The van der Waals surface area contributed by atoms with Gasteiger partial charge in [-0.1, -0.05) is 18.2 Å². The molecule has 0 radical (unpaired) electrons. The maximum Gasteiger partial charge on any atom is 0.491 e. The molecule has 10 heteroatoms. The van der Waals surface area contributed by atoms with Gasteiger partial charge in [-0.3, -0.25) is 0 Å². The number of azo groups is 1. The molecule has 0 spiro atoms. The fourth-order valence-electron chi connectivity index (χ4n) is 1.44. The average molecular weight is 325 g/mol. The summed E-state index contributed by atoms with van der Waals surface area (Å²) in [5.41, 5.74) is 11.3. The van der Waals surface area contributed by atoms with Gasteiger partial charge in [0.25, 0.3) is 0 Å². The Kier molecular flexibility index (Phi) is 4.44. The van der Waals surface area contributed by atoms with Crippen molar-refractivity contribution in [3.05, 3.63) is 36.4 Å². The van der Waals surface area contributed by atoms with Crippen LogP contribution in [0.3, 0.4) is 0 Å². The average Bonchev–Trinajstić information content (AvgIpc) is 2.48. The monoisotopic (exact) mass is 325 g/mol. The van der Waals surface area contributed by atoms with Crippen LogP contribution in [-0.4, -0.2) is 17.1 Å². The lowest BCUT2D eigenvalue weighted by atomic mass is 10.3. The summed E-state index contributed by atoms with van der Waals surface area (Å²) in [5.74, 6) is -3.68. The summed E-state index contributed by atoms with van der Waals surface area (Å²) in [6, 6.07) is 9.45. The van der Waals surface area contributed by atoms with E-state index in [0.717, 1.165) is 6.07 Å². The van der Waals surface area contributed by atoms with Gasteiger partial charge in [0, 0.05) is 6.07 Å². The van der Waals surface area contributed by atoms with E-state index >= 15 is 0 Å². The number of aromatic nitrogens is 1. The van der Waals surface area contributed by atoms with Gasteiger partial charge in [-0.2, -0.15) is 18.3 Å². The van der Waals surface area contributed by atoms with Crippen molar-refractivity contribution >= 4 is 29.0 Å². The first-order chi connectivity index (χ1) is 10.8. The van der Waals surface area contributed by atoms with Gasteiger partial charge in [-0.25, -0.2) is 9.78 Å². The van der Waals surface area contributed by atoms with Crippen molar-refractivity contribution in [1.29, 1.82) is 0 Å². The highest BCUT2D eigenvalue weighted by Crippen LogP contribution is 2.32. The van der Waals surface area contributed by atoms with Crippen LogP contribution in [0.4, 0.5) is 36.2 Å². The number of hydrogen-bond acceptors (Lipinski definition) is 7. The maximum atomic E-state index is 12.2. The molecular weight excluding hydrogens is 315 g/mol. The highest BCUT2D eigenvalue weighted by molar-refractivity contribution is 5.80. The molecule has 0 fully saturated rings. The molecule has 4 N–H and O–H groups in total. The second-order valence-corrected chi connectivity index (χ2v) is 4.20. The van der Waals surface area contributed by atoms with Gasteiger partial charge in [0.1, 0.15) is 5.69 Å². The summed E-state index contributed by atoms with van der Waals surface area (Å²) < 4.78 is 40.8. The van der Waals surface area contributed by atoms with E-state index in [1.54, 1.807) is 30.3 Å². The molecule has 2 aromatic rings. The Morgan fingerprint density at radius 2 is 1.74 bits per heavy atom. The zero-order chi connectivity index (χ0) is 17.0. The maximum absolute atomic E-state index is 12.2. The molecule has 0 saturated carbocycles. The number of halogens is 3. The number of alkyl halides is 3. The van der Waals surface area contributed by atoms with Gasteiger partial charge in [0.05, 0.1) is 5.69 Å². The smallest absolute Gasteiger partial charge is 0.416 e. The Hall–Kier alpha value is -3.17. The molecule has 0 bridgehead atoms. The summed E-state index contributed by atoms with van der Waals surface area (Å²) in [6.45, 7) is 0. The zero-order valence-corrected chi connectivity index (χ0v) is 11.4. The Morgan fingerprint density at radius 3 is 2.35 bits per heavy atom. The number of carbonyl (C=O) groups is 1. The predicted molar refractivity (Wildman–Crippen MR) is 75.4 cm³/mol. The van der Waals surface area contributed by atoms with E-state index in [9.17, 15) is 18.0 Å². The van der Waals surface area contributed by atoms with Crippen LogP contribution in [0.2, 0.25) is 0 Å². The molecule has 1 aromatic carbocycles. The molecule has 23 heavy (non-hydrogen) atoms. The fraction of sp³-hybridized carbons (Fsp3) is 0.0769. The zero-order valence-electron chi connectivity index (χ0n) is 11.4. The molecule has 0 amide bonds. The second kappa shape index (κ2) is 6.30. The molecule has 1 heterocycles. The highest BCUT2D eigenvalue weighted by atomic mass is 19.4. The number of esters is 1. The van der Waals surface area contributed by atoms with Crippen LogP contribution < -0.4 is 16.2 Å². The number of nitrogen functional groups attached to an aromatic ring is 2. The summed E-state index contributed by atoms with van der Waals surface area (Å²) in [4.78, 5) is 14.4. The minimum absolute atomic E-state index is 0.0898. The van der Waals surface area contributed by atoms with Gasteiger partial charge in [-0.05, 0) is 12.1 Å². The van der Waals surface area contributed by atoms with E-state index in [1.165, 1.54) is 0 Å². The molecule has 0 aliphatic carbocycles. The molecule has 0 atom stereocenters. The quantitative estimate of drug-likeness (QED) is 0.664. The molecule has 2 rings (SSSR count). The Labute approximate surface area is 127 Å². The first kappa shape index (κ1) is 16.2. The van der Waals surface area contributed by atoms with E-state index in [2.05, 4.69) is 19.9 Å². The minimum atomic E-state index is -5.17. The van der Waals surface area contributed by atoms with Gasteiger partial charge in [-0.15, -0.1) is 5.11 Å². The van der Waals surface area contributed by atoms with Crippen LogP contribution in [0.1, 0.15) is 0 Å². The lowest BCUT2D eigenvalue weighted by Gasteiger charge is -2.09. The van der Waals surface area contributed by atoms with E-state index in [0.29, 0.717) is 5.69 Å². The lowest BCUT2D eigenvalue weighted by Crippen LogP contribution is -2.28. The number of anilines is 2. The number of hydrogen-bond donors (Lipinski definition) is 2. The molecule has 1 aromatic heterocycles. The normalized spacial score (nSPS) is 11.6. The van der Waals surface area contributed by atoms with Crippen LogP contribution >= 0.6 is 0 Å². The minimum Gasteiger partial charge on any atom is -0.416 e. The van der Waals surface area contributed by atoms with Gasteiger partial charge in [0.15, 0.2) is 17.4 Å². The van der Waals surface area contributed by atoms with Gasteiger partial charge < -0.3 is 16.2 Å². The van der Waals surface area contributed by atoms with E-state index < -0.39 is 23.7 Å². The van der Waals surface area contributed by atoms with Crippen LogP contribution in [0, 0.1) is 0 Å². The molecule has 0 unspecified atom stereocenters. The highest BCUT2D eigenvalue weighted by Gasteiger charge is 2.41. The Balaban J connectivity index is 2.29. The fourth-order valence-corrected chi connectivity index (χ4v) is 1.44. The third kappa shape index (κ3) is 4.15. The molecule has 7 nitrogen and oxygen atoms in total. The van der Waals surface area contributed by atoms with Crippen LogP contribution in [-0.2, 0) is 4.79 Å². The number of nitrogens with zero attached hydrogens (tertiary/aromatic N) is 3.